The standard InChI is InChI=1S/C26H28N4O4S/c1-17-9-23-24(34-16-33-23)12-18(17)13-30-14-19-10-21(11-20(19)15-30)27-25-7-8-26(29-28-25)35(31,32)22-5-3-2-4-6-22/h2-9,12,19-21H,10-11,13-16H2,1H3,(H,27,28)/t19-,20?,21+/m1/s1. The molecule has 3 atom stereocenters. The van der Waals surface area contributed by atoms with Gasteiger partial charge in [-0.1, -0.05) is 18.2 Å². The summed E-state index contributed by atoms with van der Waals surface area (Å²) in [6.45, 7) is 5.52. The van der Waals surface area contributed by atoms with Gasteiger partial charge in [0.1, 0.15) is 5.82 Å². The number of fused-ring (bicyclic) bond motifs is 2. The molecule has 2 aromatic carbocycles. The summed E-state index contributed by atoms with van der Waals surface area (Å²) in [4.78, 5) is 2.76. The number of aromatic nitrogens is 2. The van der Waals surface area contributed by atoms with Gasteiger partial charge in [0, 0.05) is 25.7 Å². The quantitative estimate of drug-likeness (QED) is 0.557. The number of ether oxygens (including phenoxy) is 2. The van der Waals surface area contributed by atoms with E-state index in [1.807, 2.05) is 0 Å². The van der Waals surface area contributed by atoms with E-state index in [0.29, 0.717) is 30.5 Å². The number of rotatable bonds is 6. The highest BCUT2D eigenvalue weighted by atomic mass is 32.2. The summed E-state index contributed by atoms with van der Waals surface area (Å²) in [5.74, 6) is 3.60. The number of likely N-dealkylation sites (tertiary alicyclic amines) is 1. The fourth-order valence-corrected chi connectivity index (χ4v) is 6.76. The molecule has 9 heteroatoms. The van der Waals surface area contributed by atoms with Crippen molar-refractivity contribution in [1.82, 2.24) is 15.1 Å². The molecule has 1 saturated heterocycles. The van der Waals surface area contributed by atoms with Crippen molar-refractivity contribution in [1.29, 1.82) is 0 Å². The highest BCUT2D eigenvalue weighted by Gasteiger charge is 2.41. The first-order chi connectivity index (χ1) is 17.0. The van der Waals surface area contributed by atoms with E-state index >= 15 is 0 Å². The molecule has 3 aromatic rings. The summed E-state index contributed by atoms with van der Waals surface area (Å²) in [6, 6.07) is 16.1. The molecular formula is C26H28N4O4S. The number of sulfone groups is 1. The third-order valence-corrected chi connectivity index (χ3v) is 9.03. The van der Waals surface area contributed by atoms with Crippen LogP contribution in [0.4, 0.5) is 5.82 Å². The van der Waals surface area contributed by atoms with E-state index in [2.05, 4.69) is 39.5 Å². The molecule has 1 saturated carbocycles. The Labute approximate surface area is 205 Å². The summed E-state index contributed by atoms with van der Waals surface area (Å²) in [7, 11) is -3.66. The highest BCUT2D eigenvalue weighted by Crippen LogP contribution is 2.41. The molecule has 35 heavy (non-hydrogen) atoms. The fraction of sp³-hybridized carbons (Fsp3) is 0.385. The van der Waals surface area contributed by atoms with Crippen LogP contribution in [0.5, 0.6) is 11.5 Å². The molecule has 1 N–H and O–H groups in total. The van der Waals surface area contributed by atoms with Gasteiger partial charge in [0.15, 0.2) is 16.5 Å². The summed E-state index contributed by atoms with van der Waals surface area (Å²) < 4.78 is 36.5. The summed E-state index contributed by atoms with van der Waals surface area (Å²) in [5, 5.41) is 11.6. The Kier molecular flexibility index (Phi) is 5.61. The summed E-state index contributed by atoms with van der Waals surface area (Å²) in [5.41, 5.74) is 2.53. The van der Waals surface area contributed by atoms with Crippen molar-refractivity contribution < 1.29 is 17.9 Å². The van der Waals surface area contributed by atoms with Crippen molar-refractivity contribution in [3.8, 4) is 11.5 Å². The maximum Gasteiger partial charge on any atom is 0.231 e. The average molecular weight is 493 g/mol. The molecule has 8 nitrogen and oxygen atoms in total. The van der Waals surface area contributed by atoms with Crippen LogP contribution in [0.2, 0.25) is 0 Å². The molecule has 1 unspecified atom stereocenters. The monoisotopic (exact) mass is 492 g/mol. The number of benzene rings is 2. The number of aryl methyl sites for hydroxylation is 1. The molecule has 0 amide bonds. The molecule has 1 aromatic heterocycles. The van der Waals surface area contributed by atoms with Gasteiger partial charge >= 0.3 is 0 Å². The lowest BCUT2D eigenvalue weighted by atomic mass is 10.0. The predicted octanol–water partition coefficient (Wildman–Crippen LogP) is 3.67. The van der Waals surface area contributed by atoms with Crippen LogP contribution >= 0.6 is 0 Å². The Bertz CT molecular complexity index is 1320. The summed E-state index contributed by atoms with van der Waals surface area (Å²) in [6.07, 6.45) is 2.15. The van der Waals surface area contributed by atoms with Crippen LogP contribution in [-0.2, 0) is 16.4 Å². The zero-order valence-corrected chi connectivity index (χ0v) is 20.4. The van der Waals surface area contributed by atoms with Crippen LogP contribution in [0.3, 0.4) is 0 Å². The largest absolute Gasteiger partial charge is 0.454 e. The van der Waals surface area contributed by atoms with E-state index in [4.69, 9.17) is 9.47 Å². The number of hydrogen-bond acceptors (Lipinski definition) is 8. The molecule has 3 aliphatic rings. The SMILES string of the molecule is Cc1cc2c(cc1CN1CC3C[C@@H](Nc4ccc(S(=O)(=O)c5ccccc5)nn4)C[C@@H]3C1)OCO2. The van der Waals surface area contributed by atoms with E-state index in [1.54, 1.807) is 36.4 Å². The zero-order chi connectivity index (χ0) is 24.0. The minimum Gasteiger partial charge on any atom is -0.454 e. The molecular weight excluding hydrogens is 464 g/mol. The van der Waals surface area contributed by atoms with E-state index in [9.17, 15) is 8.42 Å². The molecule has 2 aliphatic heterocycles. The normalized spacial score (nSPS) is 23.4. The Morgan fingerprint density at radius 1 is 0.971 bits per heavy atom. The van der Waals surface area contributed by atoms with Gasteiger partial charge in [-0.05, 0) is 79.1 Å². The molecule has 0 radical (unpaired) electrons. The minimum atomic E-state index is -3.66. The van der Waals surface area contributed by atoms with Gasteiger partial charge in [0.05, 0.1) is 4.90 Å². The van der Waals surface area contributed by atoms with Gasteiger partial charge in [-0.2, -0.15) is 0 Å². The zero-order valence-electron chi connectivity index (χ0n) is 19.6. The highest BCUT2D eigenvalue weighted by molar-refractivity contribution is 7.91. The first-order valence-electron chi connectivity index (χ1n) is 12.0. The van der Waals surface area contributed by atoms with Crippen LogP contribution in [0.15, 0.2) is 64.5 Å². The maximum atomic E-state index is 12.7. The van der Waals surface area contributed by atoms with Crippen molar-refractivity contribution in [2.75, 3.05) is 25.2 Å². The van der Waals surface area contributed by atoms with E-state index < -0.39 is 9.84 Å². The Balaban J connectivity index is 1.05. The van der Waals surface area contributed by atoms with Crippen molar-refractivity contribution in [3.05, 3.63) is 65.7 Å². The first-order valence-corrected chi connectivity index (χ1v) is 13.5. The second-order valence-corrected chi connectivity index (χ2v) is 11.6. The Hall–Kier alpha value is -3.17. The van der Waals surface area contributed by atoms with Crippen LogP contribution in [0, 0.1) is 18.8 Å². The van der Waals surface area contributed by atoms with Gasteiger partial charge in [0.2, 0.25) is 16.6 Å². The fourth-order valence-electron chi connectivity index (χ4n) is 5.61. The van der Waals surface area contributed by atoms with Crippen LogP contribution in [0.1, 0.15) is 24.0 Å². The lowest BCUT2D eigenvalue weighted by Crippen LogP contribution is -2.25. The third kappa shape index (κ3) is 4.34. The minimum absolute atomic E-state index is 0.0352. The molecule has 0 bridgehead atoms. The Morgan fingerprint density at radius 3 is 2.37 bits per heavy atom. The lowest BCUT2D eigenvalue weighted by molar-refractivity contribution is 0.174. The van der Waals surface area contributed by atoms with Gasteiger partial charge in [0.25, 0.3) is 0 Å². The molecule has 1 aliphatic carbocycles. The molecule has 3 heterocycles. The van der Waals surface area contributed by atoms with Gasteiger partial charge < -0.3 is 14.8 Å². The van der Waals surface area contributed by atoms with Crippen LogP contribution in [0.25, 0.3) is 0 Å². The van der Waals surface area contributed by atoms with Gasteiger partial charge in [-0.15, -0.1) is 10.2 Å². The number of anilines is 1. The van der Waals surface area contributed by atoms with Crippen LogP contribution in [-0.4, -0.2) is 49.4 Å². The Morgan fingerprint density at radius 2 is 1.69 bits per heavy atom. The molecule has 182 valence electrons. The van der Waals surface area contributed by atoms with E-state index in [1.165, 1.54) is 17.2 Å². The number of nitrogens with zero attached hydrogens (tertiary/aromatic N) is 3. The van der Waals surface area contributed by atoms with Crippen molar-refractivity contribution in [3.63, 3.8) is 0 Å². The van der Waals surface area contributed by atoms with E-state index in [-0.39, 0.29) is 9.92 Å². The average Bonchev–Trinajstić information content (AvgIpc) is 3.55. The predicted molar refractivity (Wildman–Crippen MR) is 130 cm³/mol. The van der Waals surface area contributed by atoms with Gasteiger partial charge in [-0.3, -0.25) is 4.90 Å². The molecule has 6 rings (SSSR count). The number of hydrogen-bond donors (Lipinski definition) is 1. The van der Waals surface area contributed by atoms with Gasteiger partial charge in [-0.25, -0.2) is 8.42 Å². The molecule has 0 spiro atoms. The topological polar surface area (TPSA) is 93.7 Å². The number of nitrogens with one attached hydrogen (secondary N) is 1. The summed E-state index contributed by atoms with van der Waals surface area (Å²) >= 11 is 0. The smallest absolute Gasteiger partial charge is 0.231 e. The second-order valence-electron chi connectivity index (χ2n) is 9.73. The second kappa shape index (κ2) is 8.80. The van der Waals surface area contributed by atoms with Crippen LogP contribution < -0.4 is 14.8 Å². The maximum absolute atomic E-state index is 12.7. The van der Waals surface area contributed by atoms with Crippen molar-refractivity contribution >= 4 is 15.7 Å². The van der Waals surface area contributed by atoms with E-state index in [0.717, 1.165) is 44.0 Å². The first kappa shape index (κ1) is 22.3. The third-order valence-electron chi connectivity index (χ3n) is 7.37. The van der Waals surface area contributed by atoms with Crippen molar-refractivity contribution in [2.45, 2.75) is 42.3 Å². The van der Waals surface area contributed by atoms with Crippen molar-refractivity contribution in [2.24, 2.45) is 11.8 Å². The lowest BCUT2D eigenvalue weighted by Gasteiger charge is -2.21. The molecule has 2 fully saturated rings.